The Morgan fingerprint density at radius 1 is 1.24 bits per heavy atom. The lowest BCUT2D eigenvalue weighted by Crippen LogP contribution is -2.16. The van der Waals surface area contributed by atoms with Crippen molar-refractivity contribution in [2.75, 3.05) is 12.4 Å². The third-order valence-electron chi connectivity index (χ3n) is 3.47. The largest absolute Gasteiger partial charge is 0.496 e. The standard InChI is InChI=1S/C17H18ClNO2/c1-11-5-4-6-15(12(11)2)19-17(20)10-13-9-14(18)7-8-16(13)21-3/h4-9H,10H2,1-3H3,(H,19,20). The monoisotopic (exact) mass is 303 g/mol. The Hall–Kier alpha value is -2.00. The average molecular weight is 304 g/mol. The molecule has 0 atom stereocenters. The summed E-state index contributed by atoms with van der Waals surface area (Å²) < 4.78 is 5.26. The van der Waals surface area contributed by atoms with Crippen LogP contribution in [0.2, 0.25) is 5.02 Å². The Bertz CT molecular complexity index is 668. The molecule has 0 saturated carbocycles. The quantitative estimate of drug-likeness (QED) is 0.921. The van der Waals surface area contributed by atoms with Crippen LogP contribution in [0.25, 0.3) is 0 Å². The van der Waals surface area contributed by atoms with Gasteiger partial charge in [-0.1, -0.05) is 23.7 Å². The van der Waals surface area contributed by atoms with Gasteiger partial charge in [-0.2, -0.15) is 0 Å². The predicted octanol–water partition coefficient (Wildman–Crippen LogP) is 4.15. The minimum absolute atomic E-state index is 0.0933. The van der Waals surface area contributed by atoms with Crippen molar-refractivity contribution in [3.8, 4) is 5.75 Å². The molecule has 1 amide bonds. The Balaban J connectivity index is 2.15. The first-order valence-corrected chi connectivity index (χ1v) is 7.07. The first-order valence-electron chi connectivity index (χ1n) is 6.69. The molecule has 4 heteroatoms. The molecular formula is C17H18ClNO2. The number of hydrogen-bond donors (Lipinski definition) is 1. The average Bonchev–Trinajstić information content (AvgIpc) is 2.44. The molecule has 2 aromatic carbocycles. The fourth-order valence-electron chi connectivity index (χ4n) is 2.14. The second-order valence-electron chi connectivity index (χ2n) is 4.93. The van der Waals surface area contributed by atoms with E-state index in [-0.39, 0.29) is 12.3 Å². The number of hydrogen-bond acceptors (Lipinski definition) is 2. The Morgan fingerprint density at radius 3 is 2.71 bits per heavy atom. The topological polar surface area (TPSA) is 38.3 Å². The molecule has 3 nitrogen and oxygen atoms in total. The summed E-state index contributed by atoms with van der Waals surface area (Å²) in [4.78, 5) is 12.2. The molecule has 110 valence electrons. The molecule has 0 aromatic heterocycles. The fraction of sp³-hybridized carbons (Fsp3) is 0.235. The van der Waals surface area contributed by atoms with Crippen LogP contribution in [0.5, 0.6) is 5.75 Å². The van der Waals surface area contributed by atoms with Gasteiger partial charge in [-0.15, -0.1) is 0 Å². The number of nitrogens with one attached hydrogen (secondary N) is 1. The molecule has 0 aliphatic carbocycles. The highest BCUT2D eigenvalue weighted by Gasteiger charge is 2.11. The zero-order valence-corrected chi connectivity index (χ0v) is 13.1. The van der Waals surface area contributed by atoms with Crippen LogP contribution in [-0.2, 0) is 11.2 Å². The van der Waals surface area contributed by atoms with Crippen LogP contribution in [-0.4, -0.2) is 13.0 Å². The van der Waals surface area contributed by atoms with Crippen molar-refractivity contribution in [1.82, 2.24) is 0 Å². The van der Waals surface area contributed by atoms with E-state index >= 15 is 0 Å². The minimum Gasteiger partial charge on any atom is -0.496 e. The molecule has 0 saturated heterocycles. The van der Waals surface area contributed by atoms with E-state index in [9.17, 15) is 4.79 Å². The van der Waals surface area contributed by atoms with Crippen molar-refractivity contribution in [3.05, 3.63) is 58.1 Å². The van der Waals surface area contributed by atoms with Gasteiger partial charge in [0.25, 0.3) is 0 Å². The summed E-state index contributed by atoms with van der Waals surface area (Å²) in [5, 5.41) is 3.52. The number of ether oxygens (including phenoxy) is 1. The van der Waals surface area contributed by atoms with E-state index in [2.05, 4.69) is 5.32 Å². The Kier molecular flexibility index (Phi) is 4.86. The molecule has 1 N–H and O–H groups in total. The van der Waals surface area contributed by atoms with Gasteiger partial charge in [0.15, 0.2) is 0 Å². The molecule has 0 spiro atoms. The summed E-state index contributed by atoms with van der Waals surface area (Å²) >= 11 is 5.98. The lowest BCUT2D eigenvalue weighted by atomic mass is 10.1. The molecule has 21 heavy (non-hydrogen) atoms. The summed E-state index contributed by atoms with van der Waals surface area (Å²) in [6, 6.07) is 11.1. The molecule has 0 fully saturated rings. The van der Waals surface area contributed by atoms with Gasteiger partial charge < -0.3 is 10.1 Å². The lowest BCUT2D eigenvalue weighted by Gasteiger charge is -2.12. The maximum Gasteiger partial charge on any atom is 0.228 e. The maximum absolute atomic E-state index is 12.2. The highest BCUT2D eigenvalue weighted by Crippen LogP contribution is 2.24. The van der Waals surface area contributed by atoms with Crippen LogP contribution >= 0.6 is 11.6 Å². The highest BCUT2D eigenvalue weighted by atomic mass is 35.5. The molecule has 0 heterocycles. The fourth-order valence-corrected chi connectivity index (χ4v) is 2.33. The van der Waals surface area contributed by atoms with Crippen molar-refractivity contribution >= 4 is 23.2 Å². The van der Waals surface area contributed by atoms with Gasteiger partial charge in [-0.05, 0) is 49.2 Å². The summed E-state index contributed by atoms with van der Waals surface area (Å²) in [7, 11) is 1.58. The van der Waals surface area contributed by atoms with Gasteiger partial charge >= 0.3 is 0 Å². The SMILES string of the molecule is COc1ccc(Cl)cc1CC(=O)Nc1cccc(C)c1C. The van der Waals surface area contributed by atoms with E-state index in [1.165, 1.54) is 0 Å². The second-order valence-corrected chi connectivity index (χ2v) is 5.37. The van der Waals surface area contributed by atoms with Crippen molar-refractivity contribution in [3.63, 3.8) is 0 Å². The van der Waals surface area contributed by atoms with E-state index in [1.54, 1.807) is 25.3 Å². The maximum atomic E-state index is 12.2. The van der Waals surface area contributed by atoms with Gasteiger partial charge in [-0.25, -0.2) is 0 Å². The van der Waals surface area contributed by atoms with Crippen molar-refractivity contribution in [2.45, 2.75) is 20.3 Å². The van der Waals surface area contributed by atoms with E-state index in [0.717, 1.165) is 22.4 Å². The summed E-state index contributed by atoms with van der Waals surface area (Å²) in [6.07, 6.45) is 0.219. The molecule has 0 radical (unpaired) electrons. The summed E-state index contributed by atoms with van der Waals surface area (Å²) in [5.74, 6) is 0.569. The van der Waals surface area contributed by atoms with E-state index in [4.69, 9.17) is 16.3 Å². The highest BCUT2D eigenvalue weighted by molar-refractivity contribution is 6.30. The minimum atomic E-state index is -0.0933. The molecule has 0 aliphatic heterocycles. The smallest absolute Gasteiger partial charge is 0.228 e. The number of aryl methyl sites for hydroxylation is 1. The number of halogens is 1. The molecule has 0 bridgehead atoms. The molecule has 0 aliphatic rings. The third-order valence-corrected chi connectivity index (χ3v) is 3.71. The lowest BCUT2D eigenvalue weighted by molar-refractivity contribution is -0.115. The van der Waals surface area contributed by atoms with Gasteiger partial charge in [-0.3, -0.25) is 4.79 Å². The number of methoxy groups -OCH3 is 1. The molecule has 0 unspecified atom stereocenters. The number of rotatable bonds is 4. The number of carbonyl (C=O) groups excluding carboxylic acids is 1. The van der Waals surface area contributed by atoms with E-state index in [0.29, 0.717) is 10.8 Å². The number of amides is 1. The van der Waals surface area contributed by atoms with Crippen molar-refractivity contribution in [1.29, 1.82) is 0 Å². The van der Waals surface area contributed by atoms with Crippen LogP contribution in [0.3, 0.4) is 0 Å². The first kappa shape index (κ1) is 15.4. The Morgan fingerprint density at radius 2 is 2.00 bits per heavy atom. The molecule has 2 aromatic rings. The van der Waals surface area contributed by atoms with E-state index in [1.807, 2.05) is 32.0 Å². The Labute approximate surface area is 129 Å². The van der Waals surface area contributed by atoms with Gasteiger partial charge in [0, 0.05) is 16.3 Å². The summed E-state index contributed by atoms with van der Waals surface area (Å²) in [5.41, 5.74) is 3.82. The normalized spacial score (nSPS) is 10.3. The number of anilines is 1. The van der Waals surface area contributed by atoms with Crippen LogP contribution in [0.15, 0.2) is 36.4 Å². The zero-order chi connectivity index (χ0) is 15.4. The predicted molar refractivity (Wildman–Crippen MR) is 86.3 cm³/mol. The first-order chi connectivity index (χ1) is 10.0. The van der Waals surface area contributed by atoms with Crippen molar-refractivity contribution in [2.24, 2.45) is 0 Å². The van der Waals surface area contributed by atoms with E-state index < -0.39 is 0 Å². The zero-order valence-electron chi connectivity index (χ0n) is 12.4. The van der Waals surface area contributed by atoms with Gasteiger partial charge in [0.1, 0.15) is 5.75 Å². The third kappa shape index (κ3) is 3.76. The van der Waals surface area contributed by atoms with Crippen LogP contribution in [0.1, 0.15) is 16.7 Å². The van der Waals surface area contributed by atoms with Crippen LogP contribution in [0, 0.1) is 13.8 Å². The summed E-state index contributed by atoms with van der Waals surface area (Å²) in [6.45, 7) is 4.01. The second kappa shape index (κ2) is 6.64. The van der Waals surface area contributed by atoms with Crippen molar-refractivity contribution < 1.29 is 9.53 Å². The number of benzene rings is 2. The van der Waals surface area contributed by atoms with Crippen LogP contribution in [0.4, 0.5) is 5.69 Å². The number of carbonyl (C=O) groups is 1. The van der Waals surface area contributed by atoms with Gasteiger partial charge in [0.2, 0.25) is 5.91 Å². The molecular weight excluding hydrogens is 286 g/mol. The van der Waals surface area contributed by atoms with Crippen LogP contribution < -0.4 is 10.1 Å². The molecule has 2 rings (SSSR count). The van der Waals surface area contributed by atoms with Gasteiger partial charge in [0.05, 0.1) is 13.5 Å².